The van der Waals surface area contributed by atoms with E-state index in [9.17, 15) is 4.79 Å². The monoisotopic (exact) mass is 206 g/mol. The van der Waals surface area contributed by atoms with E-state index in [0.717, 1.165) is 11.8 Å². The van der Waals surface area contributed by atoms with Gasteiger partial charge in [-0.3, -0.25) is 0 Å². The molecule has 1 aliphatic heterocycles. The van der Waals surface area contributed by atoms with Gasteiger partial charge in [-0.25, -0.2) is 0 Å². The average Bonchev–Trinajstić information content (AvgIpc) is 2.92. The number of epoxide rings is 1. The van der Waals surface area contributed by atoms with Crippen LogP contribution in [0.2, 0.25) is 0 Å². The van der Waals surface area contributed by atoms with Crippen LogP contribution in [-0.4, -0.2) is 24.6 Å². The average molecular weight is 206 g/mol. The first-order chi connectivity index (χ1) is 7.24. The second-order valence-electron chi connectivity index (χ2n) is 3.91. The highest BCUT2D eigenvalue weighted by Gasteiger charge is 2.52. The van der Waals surface area contributed by atoms with Gasteiger partial charge in [0, 0.05) is 0 Å². The quantitative estimate of drug-likeness (QED) is 0.542. The van der Waals surface area contributed by atoms with Gasteiger partial charge in [-0.15, -0.1) is 0 Å². The van der Waals surface area contributed by atoms with Gasteiger partial charge in [0.05, 0.1) is 13.2 Å². The Bertz CT molecular complexity index is 336. The van der Waals surface area contributed by atoms with Gasteiger partial charge in [0.1, 0.15) is 11.7 Å². The summed E-state index contributed by atoms with van der Waals surface area (Å²) in [5, 5.41) is 0. The van der Waals surface area contributed by atoms with Crippen LogP contribution in [0, 0.1) is 0 Å². The number of carbonyl (C=O) groups excluding carboxylic acids is 1. The molecule has 1 saturated heterocycles. The van der Waals surface area contributed by atoms with Crippen LogP contribution < -0.4 is 0 Å². The van der Waals surface area contributed by atoms with Crippen LogP contribution in [0.25, 0.3) is 0 Å². The molecule has 1 fully saturated rings. The summed E-state index contributed by atoms with van der Waals surface area (Å²) in [6, 6.07) is 9.93. The minimum absolute atomic E-state index is 0.0706. The fourth-order valence-electron chi connectivity index (χ4n) is 1.43. The van der Waals surface area contributed by atoms with Crippen LogP contribution >= 0.6 is 0 Å². The van der Waals surface area contributed by atoms with Gasteiger partial charge in [0.2, 0.25) is 0 Å². The molecule has 0 aromatic heterocycles. The molecule has 0 radical (unpaired) electrons. The predicted molar refractivity (Wildman–Crippen MR) is 55.4 cm³/mol. The maximum absolute atomic E-state index is 10.6. The Morgan fingerprint density at radius 2 is 2.20 bits per heavy atom. The first kappa shape index (κ1) is 10.3. The summed E-state index contributed by atoms with van der Waals surface area (Å²) in [5.74, 6) is 0. The summed E-state index contributed by atoms with van der Waals surface area (Å²) in [6.07, 6.45) is 0.766. The molecule has 80 valence electrons. The minimum Gasteiger partial charge on any atom is -0.374 e. The Hall–Kier alpha value is -1.19. The molecule has 1 heterocycles. The van der Waals surface area contributed by atoms with E-state index in [-0.39, 0.29) is 6.10 Å². The molecule has 1 aromatic rings. The molecule has 3 nitrogen and oxygen atoms in total. The van der Waals surface area contributed by atoms with E-state index in [1.807, 2.05) is 30.3 Å². The van der Waals surface area contributed by atoms with E-state index in [1.54, 1.807) is 6.92 Å². The molecule has 1 aromatic carbocycles. The maximum atomic E-state index is 10.6. The SMILES string of the molecule is CC1(C=O)OC1COCc1ccccc1. The standard InChI is InChI=1S/C12H14O3/c1-12(9-13)11(15-12)8-14-7-10-5-3-2-4-6-10/h2-6,9,11H,7-8H2,1H3. The normalized spacial score (nSPS) is 28.7. The lowest BCUT2D eigenvalue weighted by Crippen LogP contribution is -2.15. The van der Waals surface area contributed by atoms with Crippen molar-refractivity contribution in [3.05, 3.63) is 35.9 Å². The highest BCUT2D eigenvalue weighted by Crippen LogP contribution is 2.33. The second-order valence-corrected chi connectivity index (χ2v) is 3.91. The fraction of sp³-hybridized carbons (Fsp3) is 0.417. The van der Waals surface area contributed by atoms with Crippen molar-refractivity contribution in [2.75, 3.05) is 6.61 Å². The second kappa shape index (κ2) is 4.13. The van der Waals surface area contributed by atoms with Crippen molar-refractivity contribution in [1.29, 1.82) is 0 Å². The molecule has 0 bridgehead atoms. The fourth-order valence-corrected chi connectivity index (χ4v) is 1.43. The highest BCUT2D eigenvalue weighted by atomic mass is 16.6. The summed E-state index contributed by atoms with van der Waals surface area (Å²) in [4.78, 5) is 10.6. The Balaban J connectivity index is 1.71. The van der Waals surface area contributed by atoms with Gasteiger partial charge in [-0.05, 0) is 12.5 Å². The van der Waals surface area contributed by atoms with Crippen molar-refractivity contribution in [2.45, 2.75) is 25.2 Å². The summed E-state index contributed by atoms with van der Waals surface area (Å²) in [5.41, 5.74) is 0.530. The van der Waals surface area contributed by atoms with Crippen LogP contribution in [0.1, 0.15) is 12.5 Å². The lowest BCUT2D eigenvalue weighted by atomic mass is 10.1. The van der Waals surface area contributed by atoms with Crippen molar-refractivity contribution < 1.29 is 14.3 Å². The van der Waals surface area contributed by atoms with Gasteiger partial charge in [-0.2, -0.15) is 0 Å². The Morgan fingerprint density at radius 1 is 1.47 bits per heavy atom. The van der Waals surface area contributed by atoms with Crippen molar-refractivity contribution in [2.24, 2.45) is 0 Å². The molecule has 0 saturated carbocycles. The first-order valence-corrected chi connectivity index (χ1v) is 5.00. The van der Waals surface area contributed by atoms with Crippen LogP contribution in [0.3, 0.4) is 0 Å². The Labute approximate surface area is 89.0 Å². The minimum atomic E-state index is -0.601. The number of benzene rings is 1. The number of hydrogen-bond donors (Lipinski definition) is 0. The third-order valence-corrected chi connectivity index (χ3v) is 2.59. The molecule has 0 N–H and O–H groups in total. The zero-order valence-corrected chi connectivity index (χ0v) is 8.68. The summed E-state index contributed by atoms with van der Waals surface area (Å²) in [7, 11) is 0. The van der Waals surface area contributed by atoms with Crippen molar-refractivity contribution in [1.82, 2.24) is 0 Å². The van der Waals surface area contributed by atoms with E-state index >= 15 is 0 Å². The molecule has 3 heteroatoms. The number of hydrogen-bond acceptors (Lipinski definition) is 3. The van der Waals surface area contributed by atoms with Gasteiger partial charge in [-0.1, -0.05) is 30.3 Å². The van der Waals surface area contributed by atoms with Gasteiger partial charge in [0.15, 0.2) is 6.29 Å². The van der Waals surface area contributed by atoms with Crippen LogP contribution in [0.5, 0.6) is 0 Å². The molecule has 2 atom stereocenters. The zero-order chi connectivity index (χ0) is 10.7. The Kier molecular flexibility index (Phi) is 2.84. The van der Waals surface area contributed by atoms with Gasteiger partial charge < -0.3 is 14.3 Å². The van der Waals surface area contributed by atoms with Crippen LogP contribution in [-0.2, 0) is 20.9 Å². The topological polar surface area (TPSA) is 38.8 Å². The molecular formula is C12H14O3. The molecule has 1 aliphatic rings. The molecule has 0 amide bonds. The van der Waals surface area contributed by atoms with Gasteiger partial charge >= 0.3 is 0 Å². The summed E-state index contributed by atoms with van der Waals surface area (Å²) < 4.78 is 10.7. The van der Waals surface area contributed by atoms with E-state index in [0.29, 0.717) is 13.2 Å². The number of carbonyl (C=O) groups is 1. The van der Waals surface area contributed by atoms with Crippen molar-refractivity contribution >= 4 is 6.29 Å². The van der Waals surface area contributed by atoms with Crippen molar-refractivity contribution in [3.8, 4) is 0 Å². The van der Waals surface area contributed by atoms with Crippen LogP contribution in [0.4, 0.5) is 0 Å². The van der Waals surface area contributed by atoms with E-state index in [4.69, 9.17) is 9.47 Å². The largest absolute Gasteiger partial charge is 0.374 e. The van der Waals surface area contributed by atoms with E-state index < -0.39 is 5.60 Å². The third-order valence-electron chi connectivity index (χ3n) is 2.59. The van der Waals surface area contributed by atoms with Gasteiger partial charge in [0.25, 0.3) is 0 Å². The highest BCUT2D eigenvalue weighted by molar-refractivity contribution is 5.66. The number of rotatable bonds is 5. The number of ether oxygens (including phenoxy) is 2. The zero-order valence-electron chi connectivity index (χ0n) is 8.68. The van der Waals surface area contributed by atoms with E-state index in [1.165, 1.54) is 0 Å². The smallest absolute Gasteiger partial charge is 0.154 e. The molecule has 2 rings (SSSR count). The predicted octanol–water partition coefficient (Wildman–Crippen LogP) is 1.56. The Morgan fingerprint density at radius 3 is 2.80 bits per heavy atom. The maximum Gasteiger partial charge on any atom is 0.154 e. The molecular weight excluding hydrogens is 192 g/mol. The molecule has 0 aliphatic carbocycles. The summed E-state index contributed by atoms with van der Waals surface area (Å²) >= 11 is 0. The third kappa shape index (κ3) is 2.43. The summed E-state index contributed by atoms with van der Waals surface area (Å²) in [6.45, 7) is 2.82. The molecule has 15 heavy (non-hydrogen) atoms. The lowest BCUT2D eigenvalue weighted by molar-refractivity contribution is -0.111. The molecule has 0 spiro atoms. The van der Waals surface area contributed by atoms with Crippen LogP contribution in [0.15, 0.2) is 30.3 Å². The number of aldehydes is 1. The first-order valence-electron chi connectivity index (χ1n) is 5.00. The van der Waals surface area contributed by atoms with Crippen molar-refractivity contribution in [3.63, 3.8) is 0 Å². The van der Waals surface area contributed by atoms with E-state index in [2.05, 4.69) is 0 Å². The molecule has 2 unspecified atom stereocenters. The lowest BCUT2D eigenvalue weighted by Gasteiger charge is -2.02.